The molecular weight excluding hydrogens is 408 g/mol. The largest absolute Gasteiger partial charge is 0.382 e. The molecule has 138 valence electrons. The van der Waals surface area contributed by atoms with Crippen LogP contribution >= 0.6 is 34.3 Å². The van der Waals surface area contributed by atoms with Crippen LogP contribution < -0.4 is 10.6 Å². The molecule has 2 aromatic heterocycles. The number of amides is 2. The quantitative estimate of drug-likeness (QED) is 0.664. The van der Waals surface area contributed by atoms with Crippen LogP contribution in [0.1, 0.15) is 18.2 Å². The van der Waals surface area contributed by atoms with Crippen LogP contribution in [0.25, 0.3) is 10.2 Å². The molecule has 0 bridgehead atoms. The average Bonchev–Trinajstić information content (AvgIpc) is 3.32. The van der Waals surface area contributed by atoms with E-state index in [1.165, 1.54) is 29.6 Å². The Morgan fingerprint density at radius 3 is 2.81 bits per heavy atom. The van der Waals surface area contributed by atoms with Crippen molar-refractivity contribution in [2.24, 2.45) is 5.16 Å². The fraction of sp³-hybridized carbons (Fsp3) is 0.176. The summed E-state index contributed by atoms with van der Waals surface area (Å²) in [7, 11) is 0. The molecule has 10 heteroatoms. The van der Waals surface area contributed by atoms with Crippen LogP contribution in [0.4, 0.5) is 10.8 Å². The number of aromatic nitrogens is 1. The molecule has 7 nitrogen and oxygen atoms in total. The third-order valence-electron chi connectivity index (χ3n) is 3.76. The summed E-state index contributed by atoms with van der Waals surface area (Å²) in [5.41, 5.74) is 2.13. The van der Waals surface area contributed by atoms with E-state index in [1.807, 2.05) is 12.1 Å². The van der Waals surface area contributed by atoms with Crippen LogP contribution in [0.15, 0.2) is 35.5 Å². The Labute approximate surface area is 167 Å². The Balaban J connectivity index is 1.43. The fourth-order valence-corrected chi connectivity index (χ4v) is 4.52. The molecule has 0 radical (unpaired) electrons. The van der Waals surface area contributed by atoms with E-state index in [9.17, 15) is 9.59 Å². The van der Waals surface area contributed by atoms with Crippen molar-refractivity contribution in [3.05, 3.63) is 39.5 Å². The van der Waals surface area contributed by atoms with Gasteiger partial charge >= 0.3 is 0 Å². The normalized spacial score (nSPS) is 16.1. The maximum atomic E-state index is 12.5. The Hall–Kier alpha value is -2.49. The predicted molar refractivity (Wildman–Crippen MR) is 108 cm³/mol. The third-order valence-corrected chi connectivity index (χ3v) is 5.97. The minimum atomic E-state index is -0.706. The molecule has 1 aromatic carbocycles. The first kappa shape index (κ1) is 17.9. The summed E-state index contributed by atoms with van der Waals surface area (Å²) >= 11 is 8.65. The SMILES string of the molecule is CC(=O)Nc1ccc2nc(NC(=O)C3CC(c4ccc(Cl)s4)=NO3)sc2c1. The van der Waals surface area contributed by atoms with Crippen LogP contribution in [0, 0.1) is 0 Å². The van der Waals surface area contributed by atoms with Crippen molar-refractivity contribution < 1.29 is 14.4 Å². The van der Waals surface area contributed by atoms with Crippen molar-refractivity contribution in [1.29, 1.82) is 0 Å². The van der Waals surface area contributed by atoms with Gasteiger partial charge in [-0.3, -0.25) is 14.9 Å². The van der Waals surface area contributed by atoms with Gasteiger partial charge in [-0.15, -0.1) is 11.3 Å². The van der Waals surface area contributed by atoms with Gasteiger partial charge in [0, 0.05) is 19.0 Å². The lowest BCUT2D eigenvalue weighted by atomic mass is 10.1. The van der Waals surface area contributed by atoms with Crippen molar-refractivity contribution in [3.63, 3.8) is 0 Å². The number of nitrogens with one attached hydrogen (secondary N) is 2. The number of halogens is 1. The number of benzene rings is 1. The second-order valence-electron chi connectivity index (χ2n) is 5.81. The van der Waals surface area contributed by atoms with Gasteiger partial charge in [0.2, 0.25) is 12.0 Å². The minimum Gasteiger partial charge on any atom is -0.382 e. The standard InChI is InChI=1S/C17H13ClN4O3S2/c1-8(23)19-9-2-3-10-14(6-9)27-17(20-10)21-16(24)12-7-11(22-25-12)13-4-5-15(18)26-13/h2-6,12H,7H2,1H3,(H,19,23)(H,20,21,24). The minimum absolute atomic E-state index is 0.145. The molecule has 27 heavy (non-hydrogen) atoms. The molecule has 1 unspecified atom stereocenters. The number of carbonyl (C=O) groups is 2. The molecule has 0 fully saturated rings. The molecule has 2 amide bonds. The van der Waals surface area contributed by atoms with Crippen LogP contribution in [-0.2, 0) is 14.4 Å². The molecule has 3 aromatic rings. The van der Waals surface area contributed by atoms with Crippen LogP contribution in [0.3, 0.4) is 0 Å². The van der Waals surface area contributed by atoms with Gasteiger partial charge in [0.05, 0.1) is 19.4 Å². The zero-order chi connectivity index (χ0) is 19.0. The van der Waals surface area contributed by atoms with Gasteiger partial charge < -0.3 is 10.2 Å². The topological polar surface area (TPSA) is 92.7 Å². The number of nitrogens with zero attached hydrogens (tertiary/aromatic N) is 2. The van der Waals surface area contributed by atoms with Gasteiger partial charge in [-0.25, -0.2) is 4.98 Å². The van der Waals surface area contributed by atoms with Gasteiger partial charge in [0.1, 0.15) is 5.71 Å². The van der Waals surface area contributed by atoms with E-state index in [2.05, 4.69) is 20.8 Å². The smallest absolute Gasteiger partial charge is 0.270 e. The van der Waals surface area contributed by atoms with Crippen LogP contribution in [0.2, 0.25) is 4.34 Å². The molecule has 3 heterocycles. The number of thiophene rings is 1. The summed E-state index contributed by atoms with van der Waals surface area (Å²) in [6, 6.07) is 9.02. The zero-order valence-electron chi connectivity index (χ0n) is 14.0. The monoisotopic (exact) mass is 420 g/mol. The second-order valence-corrected chi connectivity index (χ2v) is 8.56. The van der Waals surface area contributed by atoms with Crippen molar-refractivity contribution in [3.8, 4) is 0 Å². The Morgan fingerprint density at radius 2 is 2.07 bits per heavy atom. The number of thiazole rings is 1. The van der Waals surface area contributed by atoms with Gasteiger partial charge in [-0.2, -0.15) is 0 Å². The van der Waals surface area contributed by atoms with Crippen molar-refractivity contribution >= 4 is 72.8 Å². The molecule has 0 aliphatic carbocycles. The molecule has 2 N–H and O–H groups in total. The summed E-state index contributed by atoms with van der Waals surface area (Å²) in [6.45, 7) is 1.45. The molecule has 0 spiro atoms. The lowest BCUT2D eigenvalue weighted by Crippen LogP contribution is -2.27. The third kappa shape index (κ3) is 3.95. The molecule has 0 saturated carbocycles. The van der Waals surface area contributed by atoms with E-state index in [4.69, 9.17) is 16.4 Å². The highest BCUT2D eigenvalue weighted by Gasteiger charge is 2.30. The van der Waals surface area contributed by atoms with Crippen LogP contribution in [-0.4, -0.2) is 28.6 Å². The number of hydrogen-bond acceptors (Lipinski definition) is 7. The Morgan fingerprint density at radius 1 is 1.22 bits per heavy atom. The number of fused-ring (bicyclic) bond motifs is 1. The number of hydrogen-bond donors (Lipinski definition) is 2. The van der Waals surface area contributed by atoms with E-state index >= 15 is 0 Å². The Kier molecular flexibility index (Phi) is 4.81. The Bertz CT molecular complexity index is 1080. The zero-order valence-corrected chi connectivity index (χ0v) is 16.4. The molecule has 0 saturated heterocycles. The highest BCUT2D eigenvalue weighted by Crippen LogP contribution is 2.30. The van der Waals surface area contributed by atoms with Crippen LogP contribution in [0.5, 0.6) is 0 Å². The molecule has 4 rings (SSSR count). The van der Waals surface area contributed by atoms with E-state index in [0.29, 0.717) is 27.3 Å². The number of rotatable bonds is 4. The number of carbonyl (C=O) groups excluding carboxylic acids is 2. The maximum absolute atomic E-state index is 12.5. The summed E-state index contributed by atoms with van der Waals surface area (Å²) < 4.78 is 1.52. The summed E-state index contributed by atoms with van der Waals surface area (Å²) in [4.78, 5) is 34.2. The maximum Gasteiger partial charge on any atom is 0.270 e. The fourth-order valence-electron chi connectivity index (χ4n) is 2.58. The highest BCUT2D eigenvalue weighted by atomic mass is 35.5. The van der Waals surface area contributed by atoms with E-state index in [1.54, 1.807) is 18.2 Å². The highest BCUT2D eigenvalue weighted by molar-refractivity contribution is 7.22. The average molecular weight is 421 g/mol. The van der Waals surface area contributed by atoms with Gasteiger partial charge in [0.15, 0.2) is 5.13 Å². The van der Waals surface area contributed by atoms with Crippen molar-refractivity contribution in [2.75, 3.05) is 10.6 Å². The van der Waals surface area contributed by atoms with Crippen molar-refractivity contribution in [1.82, 2.24) is 4.98 Å². The van der Waals surface area contributed by atoms with Gasteiger partial charge in [-0.05, 0) is 30.3 Å². The van der Waals surface area contributed by atoms with E-state index < -0.39 is 6.10 Å². The predicted octanol–water partition coefficient (Wildman–Crippen LogP) is 4.10. The number of oxime groups is 1. The first-order valence-corrected chi connectivity index (χ1v) is 9.96. The molecular formula is C17H13ClN4O3S2. The lowest BCUT2D eigenvalue weighted by molar-refractivity contribution is -0.125. The summed E-state index contributed by atoms with van der Waals surface area (Å²) in [5, 5.41) is 9.95. The lowest BCUT2D eigenvalue weighted by Gasteiger charge is -2.06. The summed E-state index contributed by atoms with van der Waals surface area (Å²) in [6.07, 6.45) is -0.330. The number of anilines is 2. The first-order valence-electron chi connectivity index (χ1n) is 7.95. The second kappa shape index (κ2) is 7.26. The van der Waals surface area contributed by atoms with E-state index in [-0.39, 0.29) is 11.8 Å². The summed E-state index contributed by atoms with van der Waals surface area (Å²) in [5.74, 6) is -0.453. The molecule has 1 aliphatic heterocycles. The van der Waals surface area contributed by atoms with Crippen molar-refractivity contribution in [2.45, 2.75) is 19.4 Å². The van der Waals surface area contributed by atoms with Gasteiger partial charge in [0.25, 0.3) is 5.91 Å². The first-order chi connectivity index (χ1) is 13.0. The van der Waals surface area contributed by atoms with Gasteiger partial charge in [-0.1, -0.05) is 28.1 Å². The molecule has 1 aliphatic rings. The molecule has 1 atom stereocenters. The van der Waals surface area contributed by atoms with E-state index in [0.717, 1.165) is 15.1 Å².